The molecule has 1 aromatic heterocycles. The molecule has 1 heterocycles. The van der Waals surface area contributed by atoms with Crippen LogP contribution in [0.3, 0.4) is 0 Å². The molecule has 2 rings (SSSR count). The standard InChI is InChI=1S/C13H12N4O4/c1-8-5-11(16-13(19)14-8)15-12(18)7-9-3-2-4-10(6-9)17(20)21/h2-6H,7H2,1H3,(H2,14,15,16,18,19). The fraction of sp³-hybridized carbons (Fsp3) is 0.154. The lowest BCUT2D eigenvalue weighted by atomic mass is 10.1. The van der Waals surface area contributed by atoms with Gasteiger partial charge in [-0.3, -0.25) is 14.9 Å². The Kier molecular flexibility index (Phi) is 4.07. The normalized spacial score (nSPS) is 10.1. The number of rotatable bonds is 4. The molecule has 0 unspecified atom stereocenters. The van der Waals surface area contributed by atoms with Crippen molar-refractivity contribution >= 4 is 17.4 Å². The lowest BCUT2D eigenvalue weighted by molar-refractivity contribution is -0.384. The molecule has 0 radical (unpaired) electrons. The summed E-state index contributed by atoms with van der Waals surface area (Å²) in [5.41, 5.74) is 0.440. The van der Waals surface area contributed by atoms with Gasteiger partial charge in [0.15, 0.2) is 0 Å². The Morgan fingerprint density at radius 3 is 2.86 bits per heavy atom. The Bertz CT molecular complexity index is 754. The van der Waals surface area contributed by atoms with Crippen molar-refractivity contribution < 1.29 is 9.72 Å². The number of non-ortho nitro benzene ring substituents is 1. The van der Waals surface area contributed by atoms with E-state index in [9.17, 15) is 19.7 Å². The zero-order valence-corrected chi connectivity index (χ0v) is 11.1. The summed E-state index contributed by atoms with van der Waals surface area (Å²) >= 11 is 0. The Morgan fingerprint density at radius 1 is 1.43 bits per heavy atom. The number of aromatic amines is 1. The topological polar surface area (TPSA) is 118 Å². The highest BCUT2D eigenvalue weighted by molar-refractivity contribution is 5.91. The molecule has 2 aromatic rings. The fourth-order valence-electron chi connectivity index (χ4n) is 1.80. The lowest BCUT2D eigenvalue weighted by Gasteiger charge is -2.04. The lowest BCUT2D eigenvalue weighted by Crippen LogP contribution is -2.20. The molecule has 8 nitrogen and oxygen atoms in total. The van der Waals surface area contributed by atoms with Gasteiger partial charge in [0, 0.05) is 23.9 Å². The highest BCUT2D eigenvalue weighted by Gasteiger charge is 2.10. The van der Waals surface area contributed by atoms with E-state index >= 15 is 0 Å². The molecular weight excluding hydrogens is 276 g/mol. The maximum Gasteiger partial charge on any atom is 0.347 e. The van der Waals surface area contributed by atoms with Crippen LogP contribution in [-0.4, -0.2) is 20.8 Å². The molecule has 2 N–H and O–H groups in total. The number of hydrogen-bond donors (Lipinski definition) is 2. The zero-order valence-electron chi connectivity index (χ0n) is 11.1. The van der Waals surface area contributed by atoms with Crippen LogP contribution in [0.5, 0.6) is 0 Å². The molecule has 0 saturated carbocycles. The minimum atomic E-state index is -0.555. The van der Waals surface area contributed by atoms with Gasteiger partial charge in [0.05, 0.1) is 11.3 Å². The SMILES string of the molecule is Cc1cc(NC(=O)Cc2cccc([N+](=O)[O-])c2)nc(=O)[nH]1. The average molecular weight is 288 g/mol. The molecule has 0 aliphatic heterocycles. The summed E-state index contributed by atoms with van der Waals surface area (Å²) in [7, 11) is 0. The van der Waals surface area contributed by atoms with Crippen LogP contribution in [0.2, 0.25) is 0 Å². The Hall–Kier alpha value is -3.03. The van der Waals surface area contributed by atoms with E-state index in [1.807, 2.05) is 0 Å². The molecule has 0 spiro atoms. The first-order valence-corrected chi connectivity index (χ1v) is 6.05. The van der Waals surface area contributed by atoms with Crippen molar-refractivity contribution in [3.8, 4) is 0 Å². The van der Waals surface area contributed by atoms with E-state index in [0.29, 0.717) is 11.3 Å². The van der Waals surface area contributed by atoms with Crippen molar-refractivity contribution in [1.82, 2.24) is 9.97 Å². The first-order chi connectivity index (χ1) is 9.94. The quantitative estimate of drug-likeness (QED) is 0.646. The Morgan fingerprint density at radius 2 is 2.19 bits per heavy atom. The van der Waals surface area contributed by atoms with E-state index in [2.05, 4.69) is 15.3 Å². The van der Waals surface area contributed by atoms with Gasteiger partial charge in [0.1, 0.15) is 5.82 Å². The minimum Gasteiger partial charge on any atom is -0.310 e. The third-order valence-electron chi connectivity index (χ3n) is 2.63. The number of carbonyl (C=O) groups excluding carboxylic acids is 1. The van der Waals surface area contributed by atoms with Gasteiger partial charge >= 0.3 is 5.69 Å². The van der Waals surface area contributed by atoms with Crippen molar-refractivity contribution in [2.24, 2.45) is 0 Å². The fourth-order valence-corrected chi connectivity index (χ4v) is 1.80. The van der Waals surface area contributed by atoms with Gasteiger partial charge in [-0.25, -0.2) is 4.79 Å². The molecule has 8 heteroatoms. The van der Waals surface area contributed by atoms with Gasteiger partial charge in [0.2, 0.25) is 5.91 Å². The van der Waals surface area contributed by atoms with Crippen molar-refractivity contribution in [3.05, 3.63) is 62.2 Å². The first kappa shape index (κ1) is 14.4. The molecule has 108 valence electrons. The number of aromatic nitrogens is 2. The van der Waals surface area contributed by atoms with Crippen molar-refractivity contribution in [2.75, 3.05) is 5.32 Å². The van der Waals surface area contributed by atoms with Crippen LogP contribution < -0.4 is 11.0 Å². The van der Waals surface area contributed by atoms with Gasteiger partial charge in [-0.2, -0.15) is 4.98 Å². The summed E-state index contributed by atoms with van der Waals surface area (Å²) in [6, 6.07) is 7.32. The zero-order chi connectivity index (χ0) is 15.4. The van der Waals surface area contributed by atoms with Crippen LogP contribution in [0.4, 0.5) is 11.5 Å². The van der Waals surface area contributed by atoms with E-state index in [4.69, 9.17) is 0 Å². The maximum atomic E-state index is 11.9. The van der Waals surface area contributed by atoms with Gasteiger partial charge < -0.3 is 10.3 Å². The Labute approximate surface area is 119 Å². The molecule has 0 fully saturated rings. The van der Waals surface area contributed by atoms with E-state index in [1.54, 1.807) is 13.0 Å². The monoisotopic (exact) mass is 288 g/mol. The predicted molar refractivity (Wildman–Crippen MR) is 75.0 cm³/mol. The molecule has 1 aromatic carbocycles. The number of nitrogens with one attached hydrogen (secondary N) is 2. The largest absolute Gasteiger partial charge is 0.347 e. The number of nitro benzene ring substituents is 1. The predicted octanol–water partition coefficient (Wildman–Crippen LogP) is 1.17. The molecule has 0 bridgehead atoms. The van der Waals surface area contributed by atoms with Crippen molar-refractivity contribution in [1.29, 1.82) is 0 Å². The van der Waals surface area contributed by atoms with Crippen LogP contribution in [0.1, 0.15) is 11.3 Å². The van der Waals surface area contributed by atoms with E-state index in [0.717, 1.165) is 0 Å². The molecule has 0 saturated heterocycles. The molecule has 0 aliphatic rings. The summed E-state index contributed by atoms with van der Waals surface area (Å²) in [4.78, 5) is 39.2. The van der Waals surface area contributed by atoms with Gasteiger partial charge in [-0.15, -0.1) is 0 Å². The molecule has 1 amide bonds. The average Bonchev–Trinajstić information content (AvgIpc) is 2.37. The van der Waals surface area contributed by atoms with Crippen LogP contribution in [0.25, 0.3) is 0 Å². The number of hydrogen-bond acceptors (Lipinski definition) is 5. The number of H-pyrrole nitrogens is 1. The molecule has 0 aliphatic carbocycles. The third-order valence-corrected chi connectivity index (χ3v) is 2.63. The molecule has 0 atom stereocenters. The highest BCUT2D eigenvalue weighted by Crippen LogP contribution is 2.14. The van der Waals surface area contributed by atoms with Crippen LogP contribution >= 0.6 is 0 Å². The Balaban J connectivity index is 2.09. The highest BCUT2D eigenvalue weighted by atomic mass is 16.6. The second-order valence-corrected chi connectivity index (χ2v) is 4.41. The third kappa shape index (κ3) is 3.96. The summed E-state index contributed by atoms with van der Waals surface area (Å²) < 4.78 is 0. The van der Waals surface area contributed by atoms with E-state index in [1.165, 1.54) is 24.3 Å². The number of benzene rings is 1. The summed E-state index contributed by atoms with van der Waals surface area (Å²) in [6.07, 6.45) is -0.0464. The summed E-state index contributed by atoms with van der Waals surface area (Å²) in [6.45, 7) is 1.67. The van der Waals surface area contributed by atoms with Gasteiger partial charge in [-0.1, -0.05) is 12.1 Å². The minimum absolute atomic E-state index is 0.0464. The first-order valence-electron chi connectivity index (χ1n) is 6.05. The van der Waals surface area contributed by atoms with Gasteiger partial charge in [-0.05, 0) is 12.5 Å². The van der Waals surface area contributed by atoms with Gasteiger partial charge in [0.25, 0.3) is 5.69 Å². The summed E-state index contributed by atoms with van der Waals surface area (Å²) in [5, 5.41) is 13.1. The summed E-state index contributed by atoms with van der Waals surface area (Å²) in [5.74, 6) is -0.264. The second-order valence-electron chi connectivity index (χ2n) is 4.41. The van der Waals surface area contributed by atoms with E-state index in [-0.39, 0.29) is 17.9 Å². The van der Waals surface area contributed by atoms with Crippen LogP contribution in [0.15, 0.2) is 35.1 Å². The molecular formula is C13H12N4O4. The number of aryl methyl sites for hydroxylation is 1. The second kappa shape index (κ2) is 5.95. The number of amides is 1. The molecule has 21 heavy (non-hydrogen) atoms. The number of nitro groups is 1. The maximum absolute atomic E-state index is 11.9. The number of anilines is 1. The smallest absolute Gasteiger partial charge is 0.310 e. The van der Waals surface area contributed by atoms with Crippen molar-refractivity contribution in [3.63, 3.8) is 0 Å². The van der Waals surface area contributed by atoms with E-state index < -0.39 is 16.5 Å². The van der Waals surface area contributed by atoms with Crippen molar-refractivity contribution in [2.45, 2.75) is 13.3 Å². The van der Waals surface area contributed by atoms with Crippen LogP contribution in [0, 0.1) is 17.0 Å². The van der Waals surface area contributed by atoms with Crippen LogP contribution in [-0.2, 0) is 11.2 Å². The number of nitrogens with zero attached hydrogens (tertiary/aromatic N) is 2. The number of carbonyl (C=O) groups is 1.